The molecule has 0 unspecified atom stereocenters. The summed E-state index contributed by atoms with van der Waals surface area (Å²) < 4.78 is 0. The number of unbranched alkanes of at least 4 members (excludes halogenated alkanes) is 2. The largest absolute Gasteiger partial charge is 0.339 e. The van der Waals surface area contributed by atoms with Crippen molar-refractivity contribution in [1.29, 1.82) is 0 Å². The summed E-state index contributed by atoms with van der Waals surface area (Å²) in [6.45, 7) is 3.98. The van der Waals surface area contributed by atoms with Crippen LogP contribution in [0.1, 0.15) is 45.4 Å². The summed E-state index contributed by atoms with van der Waals surface area (Å²) in [5.41, 5.74) is 0. The van der Waals surface area contributed by atoms with Gasteiger partial charge in [0.2, 0.25) is 5.91 Å². The van der Waals surface area contributed by atoms with Crippen LogP contribution in [0.15, 0.2) is 36.5 Å². The van der Waals surface area contributed by atoms with Gasteiger partial charge >= 0.3 is 0 Å². The van der Waals surface area contributed by atoms with E-state index in [0.29, 0.717) is 0 Å². The SMILES string of the molecule is CCCC=CC#CCCC=CC=CC(=O)N1CCCC1. The van der Waals surface area contributed by atoms with E-state index in [4.69, 9.17) is 0 Å². The first-order valence-corrected chi connectivity index (χ1v) is 7.60. The zero-order valence-electron chi connectivity index (χ0n) is 12.5. The van der Waals surface area contributed by atoms with E-state index in [1.54, 1.807) is 6.08 Å². The summed E-state index contributed by atoms with van der Waals surface area (Å²) >= 11 is 0. The molecule has 20 heavy (non-hydrogen) atoms. The fourth-order valence-electron chi connectivity index (χ4n) is 1.95. The summed E-state index contributed by atoms with van der Waals surface area (Å²) in [6, 6.07) is 0. The molecule has 0 saturated carbocycles. The van der Waals surface area contributed by atoms with Gasteiger partial charge in [0.25, 0.3) is 0 Å². The molecule has 0 aromatic carbocycles. The maximum Gasteiger partial charge on any atom is 0.246 e. The molecule has 0 atom stereocenters. The van der Waals surface area contributed by atoms with E-state index >= 15 is 0 Å². The second-order valence-corrected chi connectivity index (χ2v) is 4.87. The lowest BCUT2D eigenvalue weighted by Gasteiger charge is -2.11. The molecule has 108 valence electrons. The van der Waals surface area contributed by atoms with Crippen LogP contribution in [-0.4, -0.2) is 23.9 Å². The van der Waals surface area contributed by atoms with Gasteiger partial charge < -0.3 is 4.90 Å². The number of hydrogen-bond acceptors (Lipinski definition) is 1. The maximum atomic E-state index is 11.7. The van der Waals surface area contributed by atoms with Crippen LogP contribution >= 0.6 is 0 Å². The Hall–Kier alpha value is -1.75. The minimum Gasteiger partial charge on any atom is -0.339 e. The number of carbonyl (C=O) groups excluding carboxylic acids is 1. The smallest absolute Gasteiger partial charge is 0.246 e. The van der Waals surface area contributed by atoms with Gasteiger partial charge in [0, 0.05) is 25.6 Å². The lowest BCUT2D eigenvalue weighted by Crippen LogP contribution is -2.25. The predicted octanol–water partition coefficient (Wildman–Crippen LogP) is 3.86. The third kappa shape index (κ3) is 7.63. The number of rotatable bonds is 6. The molecule has 0 aromatic rings. The Kier molecular flexibility index (Phi) is 9.06. The molecule has 0 N–H and O–H groups in total. The summed E-state index contributed by atoms with van der Waals surface area (Å²) in [7, 11) is 0. The third-order valence-electron chi connectivity index (χ3n) is 3.10. The quantitative estimate of drug-likeness (QED) is 0.311. The number of carbonyl (C=O) groups is 1. The van der Waals surface area contributed by atoms with Crippen LogP contribution in [0.2, 0.25) is 0 Å². The maximum absolute atomic E-state index is 11.7. The zero-order chi connectivity index (χ0) is 14.5. The van der Waals surface area contributed by atoms with Gasteiger partial charge in [-0.15, -0.1) is 0 Å². The Morgan fingerprint density at radius 1 is 1.15 bits per heavy atom. The van der Waals surface area contributed by atoms with E-state index in [1.807, 2.05) is 23.1 Å². The molecule has 0 radical (unpaired) electrons. The van der Waals surface area contributed by atoms with E-state index in [2.05, 4.69) is 30.9 Å². The summed E-state index contributed by atoms with van der Waals surface area (Å²) in [5, 5.41) is 0. The van der Waals surface area contributed by atoms with Crippen LogP contribution < -0.4 is 0 Å². The topological polar surface area (TPSA) is 20.3 Å². The fourth-order valence-corrected chi connectivity index (χ4v) is 1.95. The van der Waals surface area contributed by atoms with Crippen LogP contribution in [0, 0.1) is 11.8 Å². The van der Waals surface area contributed by atoms with Crippen LogP contribution in [0.25, 0.3) is 0 Å². The Morgan fingerprint density at radius 2 is 1.95 bits per heavy atom. The van der Waals surface area contributed by atoms with E-state index in [9.17, 15) is 4.79 Å². The molecule has 1 rings (SSSR count). The predicted molar refractivity (Wildman–Crippen MR) is 85.2 cm³/mol. The highest BCUT2D eigenvalue weighted by Gasteiger charge is 2.14. The number of amides is 1. The molecular formula is C18H25NO. The van der Waals surface area contributed by atoms with Crippen molar-refractivity contribution in [2.45, 2.75) is 45.4 Å². The minimum absolute atomic E-state index is 0.132. The standard InChI is InChI=1S/C18H25NO/c1-2-3-4-5-6-7-8-9-10-11-12-15-18(20)19-16-13-14-17-19/h4-5,10-12,15H,2-3,8-9,13-14,16-17H2,1H3. The van der Waals surface area contributed by atoms with Crippen LogP contribution in [0.5, 0.6) is 0 Å². The molecule has 2 heteroatoms. The molecule has 1 aliphatic rings. The van der Waals surface area contributed by atoms with Gasteiger partial charge in [-0.1, -0.05) is 49.5 Å². The molecule has 0 spiro atoms. The van der Waals surface area contributed by atoms with E-state index in [-0.39, 0.29) is 5.91 Å². The second kappa shape index (κ2) is 11.1. The Morgan fingerprint density at radius 3 is 2.70 bits per heavy atom. The van der Waals surface area contributed by atoms with E-state index in [1.165, 1.54) is 6.42 Å². The first-order chi connectivity index (χ1) is 9.84. The molecule has 0 aromatic heterocycles. The second-order valence-electron chi connectivity index (χ2n) is 4.87. The van der Waals surface area contributed by atoms with Gasteiger partial charge in [-0.2, -0.15) is 0 Å². The van der Waals surface area contributed by atoms with Crippen molar-refractivity contribution in [3.63, 3.8) is 0 Å². The molecule has 1 amide bonds. The monoisotopic (exact) mass is 271 g/mol. The highest BCUT2D eigenvalue weighted by Crippen LogP contribution is 2.07. The van der Waals surface area contributed by atoms with Crippen molar-refractivity contribution in [2.75, 3.05) is 13.1 Å². The average molecular weight is 271 g/mol. The molecule has 0 aliphatic carbocycles. The van der Waals surface area contributed by atoms with E-state index < -0.39 is 0 Å². The van der Waals surface area contributed by atoms with E-state index in [0.717, 1.165) is 45.2 Å². The Bertz CT molecular complexity index is 414. The molecule has 1 aliphatic heterocycles. The van der Waals surface area contributed by atoms with Gasteiger partial charge in [-0.25, -0.2) is 0 Å². The van der Waals surface area contributed by atoms with Crippen molar-refractivity contribution in [1.82, 2.24) is 4.90 Å². The molecule has 1 saturated heterocycles. The Balaban J connectivity index is 2.10. The van der Waals surface area contributed by atoms with Gasteiger partial charge in [-0.05, 0) is 31.8 Å². The fraction of sp³-hybridized carbons (Fsp3) is 0.500. The van der Waals surface area contributed by atoms with Crippen LogP contribution in [0.4, 0.5) is 0 Å². The molecular weight excluding hydrogens is 246 g/mol. The first kappa shape index (κ1) is 16.3. The number of hydrogen-bond donors (Lipinski definition) is 0. The highest BCUT2D eigenvalue weighted by atomic mass is 16.2. The lowest BCUT2D eigenvalue weighted by molar-refractivity contribution is -0.124. The average Bonchev–Trinajstić information content (AvgIpc) is 2.99. The number of nitrogens with zero attached hydrogens (tertiary/aromatic N) is 1. The van der Waals surface area contributed by atoms with Gasteiger partial charge in [0.1, 0.15) is 0 Å². The van der Waals surface area contributed by atoms with Crippen molar-refractivity contribution >= 4 is 5.91 Å². The molecule has 1 heterocycles. The minimum atomic E-state index is 0.132. The Labute approximate surface area is 123 Å². The van der Waals surface area contributed by atoms with Gasteiger partial charge in [0.05, 0.1) is 0 Å². The summed E-state index contributed by atoms with van der Waals surface area (Å²) in [4.78, 5) is 13.6. The summed E-state index contributed by atoms with van der Waals surface area (Å²) in [6.07, 6.45) is 17.8. The molecule has 0 bridgehead atoms. The number of allylic oxidation sites excluding steroid dienone is 5. The third-order valence-corrected chi connectivity index (χ3v) is 3.10. The van der Waals surface area contributed by atoms with Crippen molar-refractivity contribution in [2.24, 2.45) is 0 Å². The first-order valence-electron chi connectivity index (χ1n) is 7.60. The highest BCUT2D eigenvalue weighted by molar-refractivity contribution is 5.88. The van der Waals surface area contributed by atoms with Crippen LogP contribution in [0.3, 0.4) is 0 Å². The lowest BCUT2D eigenvalue weighted by atomic mass is 10.2. The van der Waals surface area contributed by atoms with Gasteiger partial charge in [-0.3, -0.25) is 4.79 Å². The summed E-state index contributed by atoms with van der Waals surface area (Å²) in [5.74, 6) is 6.26. The van der Waals surface area contributed by atoms with Crippen molar-refractivity contribution in [3.8, 4) is 11.8 Å². The van der Waals surface area contributed by atoms with Crippen molar-refractivity contribution < 1.29 is 4.79 Å². The molecule has 2 nitrogen and oxygen atoms in total. The van der Waals surface area contributed by atoms with Crippen LogP contribution in [-0.2, 0) is 4.79 Å². The normalized spacial score (nSPS) is 15.3. The zero-order valence-corrected chi connectivity index (χ0v) is 12.5. The number of likely N-dealkylation sites (tertiary alicyclic amines) is 1. The molecule has 1 fully saturated rings. The van der Waals surface area contributed by atoms with Crippen molar-refractivity contribution in [3.05, 3.63) is 36.5 Å². The van der Waals surface area contributed by atoms with Gasteiger partial charge in [0.15, 0.2) is 0 Å².